The van der Waals surface area contributed by atoms with Gasteiger partial charge in [-0.25, -0.2) is 0 Å². The topological polar surface area (TPSA) is 56.2 Å². The molecule has 1 heterocycles. The SMILES string of the molecule is Cc1oc2ccc(-c3ccccc3)cc2c1C(N)=O. The third-order valence-corrected chi connectivity index (χ3v) is 3.22. The second-order valence-corrected chi connectivity index (χ2v) is 4.47. The van der Waals surface area contributed by atoms with Crippen LogP contribution in [-0.2, 0) is 0 Å². The Kier molecular flexibility index (Phi) is 2.60. The van der Waals surface area contributed by atoms with Gasteiger partial charge in [-0.15, -0.1) is 0 Å². The maximum Gasteiger partial charge on any atom is 0.252 e. The zero-order valence-corrected chi connectivity index (χ0v) is 10.5. The first-order valence-electron chi connectivity index (χ1n) is 6.05. The summed E-state index contributed by atoms with van der Waals surface area (Å²) in [5.41, 5.74) is 8.70. The molecule has 19 heavy (non-hydrogen) atoms. The van der Waals surface area contributed by atoms with Crippen molar-refractivity contribution in [2.45, 2.75) is 6.92 Å². The first-order chi connectivity index (χ1) is 9.16. The van der Waals surface area contributed by atoms with Crippen LogP contribution in [-0.4, -0.2) is 5.91 Å². The number of fused-ring (bicyclic) bond motifs is 1. The number of nitrogens with two attached hydrogens (primary N) is 1. The first kappa shape index (κ1) is 11.5. The molecule has 94 valence electrons. The zero-order chi connectivity index (χ0) is 13.4. The fraction of sp³-hybridized carbons (Fsp3) is 0.0625. The molecule has 0 aliphatic carbocycles. The van der Waals surface area contributed by atoms with E-state index in [4.69, 9.17) is 10.2 Å². The molecule has 1 amide bonds. The molecule has 0 aliphatic rings. The molecular formula is C16H13NO2. The lowest BCUT2D eigenvalue weighted by molar-refractivity contribution is 0.1000. The predicted molar refractivity (Wildman–Crippen MR) is 74.9 cm³/mol. The van der Waals surface area contributed by atoms with Gasteiger partial charge in [0.15, 0.2) is 0 Å². The van der Waals surface area contributed by atoms with E-state index in [0.29, 0.717) is 16.9 Å². The highest BCUT2D eigenvalue weighted by Gasteiger charge is 2.16. The summed E-state index contributed by atoms with van der Waals surface area (Å²) in [6.45, 7) is 1.75. The minimum absolute atomic E-state index is 0.457. The number of carbonyl (C=O) groups is 1. The maximum absolute atomic E-state index is 11.5. The van der Waals surface area contributed by atoms with Crippen LogP contribution in [0.4, 0.5) is 0 Å². The zero-order valence-electron chi connectivity index (χ0n) is 10.5. The lowest BCUT2D eigenvalue weighted by Gasteiger charge is -2.01. The van der Waals surface area contributed by atoms with E-state index >= 15 is 0 Å². The number of carbonyl (C=O) groups excluding carboxylic acids is 1. The molecule has 0 aliphatic heterocycles. The van der Waals surface area contributed by atoms with Gasteiger partial charge in [-0.3, -0.25) is 4.79 Å². The minimum atomic E-state index is -0.457. The third-order valence-electron chi connectivity index (χ3n) is 3.22. The largest absolute Gasteiger partial charge is 0.461 e. The van der Waals surface area contributed by atoms with E-state index in [1.165, 1.54) is 0 Å². The third kappa shape index (κ3) is 1.89. The summed E-state index contributed by atoms with van der Waals surface area (Å²) in [6, 6.07) is 15.8. The van der Waals surface area contributed by atoms with Crippen LogP contribution in [0.5, 0.6) is 0 Å². The highest BCUT2D eigenvalue weighted by atomic mass is 16.3. The monoisotopic (exact) mass is 251 g/mol. The number of rotatable bonds is 2. The van der Waals surface area contributed by atoms with Gasteiger partial charge in [0, 0.05) is 5.39 Å². The lowest BCUT2D eigenvalue weighted by Crippen LogP contribution is -2.11. The summed E-state index contributed by atoms with van der Waals surface area (Å²) < 4.78 is 5.55. The minimum Gasteiger partial charge on any atom is -0.461 e. The second kappa shape index (κ2) is 4.28. The molecule has 0 unspecified atom stereocenters. The molecule has 3 heteroatoms. The smallest absolute Gasteiger partial charge is 0.252 e. The van der Waals surface area contributed by atoms with Crippen LogP contribution in [0.2, 0.25) is 0 Å². The van der Waals surface area contributed by atoms with Crippen LogP contribution in [0.15, 0.2) is 52.9 Å². The molecule has 3 aromatic rings. The van der Waals surface area contributed by atoms with E-state index in [2.05, 4.69) is 0 Å². The number of benzene rings is 2. The molecule has 0 radical (unpaired) electrons. The summed E-state index contributed by atoms with van der Waals surface area (Å²) in [5, 5.41) is 0.770. The molecule has 0 atom stereocenters. The van der Waals surface area contributed by atoms with Crippen LogP contribution in [0.3, 0.4) is 0 Å². The molecule has 2 N–H and O–H groups in total. The van der Waals surface area contributed by atoms with E-state index < -0.39 is 5.91 Å². The molecule has 0 spiro atoms. The second-order valence-electron chi connectivity index (χ2n) is 4.47. The molecule has 3 rings (SSSR count). The summed E-state index contributed by atoms with van der Waals surface area (Å²) in [6.07, 6.45) is 0. The normalized spacial score (nSPS) is 10.8. The fourth-order valence-electron chi connectivity index (χ4n) is 2.34. The van der Waals surface area contributed by atoms with Gasteiger partial charge >= 0.3 is 0 Å². The van der Waals surface area contributed by atoms with Crippen LogP contribution < -0.4 is 5.73 Å². The molecule has 0 fully saturated rings. The number of aryl methyl sites for hydroxylation is 1. The summed E-state index contributed by atoms with van der Waals surface area (Å²) in [5.74, 6) is 0.106. The molecule has 0 saturated heterocycles. The lowest BCUT2D eigenvalue weighted by atomic mass is 10.0. The van der Waals surface area contributed by atoms with Crippen molar-refractivity contribution in [3.63, 3.8) is 0 Å². The highest BCUT2D eigenvalue weighted by Crippen LogP contribution is 2.29. The van der Waals surface area contributed by atoms with Crippen molar-refractivity contribution in [1.82, 2.24) is 0 Å². The maximum atomic E-state index is 11.5. The van der Waals surface area contributed by atoms with Crippen molar-refractivity contribution in [1.29, 1.82) is 0 Å². The average molecular weight is 251 g/mol. The van der Waals surface area contributed by atoms with Gasteiger partial charge in [-0.2, -0.15) is 0 Å². The highest BCUT2D eigenvalue weighted by molar-refractivity contribution is 6.07. The van der Waals surface area contributed by atoms with Gasteiger partial charge in [0.2, 0.25) is 0 Å². The van der Waals surface area contributed by atoms with Gasteiger partial charge < -0.3 is 10.2 Å². The Morgan fingerprint density at radius 2 is 1.79 bits per heavy atom. The molecule has 0 saturated carbocycles. The molecule has 0 bridgehead atoms. The first-order valence-corrected chi connectivity index (χ1v) is 6.05. The van der Waals surface area contributed by atoms with Crippen molar-refractivity contribution >= 4 is 16.9 Å². The van der Waals surface area contributed by atoms with E-state index in [0.717, 1.165) is 16.5 Å². The van der Waals surface area contributed by atoms with Crippen LogP contribution in [0, 0.1) is 6.92 Å². The van der Waals surface area contributed by atoms with Crippen molar-refractivity contribution in [2.75, 3.05) is 0 Å². The molecule has 1 aromatic heterocycles. The van der Waals surface area contributed by atoms with E-state index in [9.17, 15) is 4.79 Å². The van der Waals surface area contributed by atoms with Crippen molar-refractivity contribution in [2.24, 2.45) is 5.73 Å². The Morgan fingerprint density at radius 3 is 2.47 bits per heavy atom. The van der Waals surface area contributed by atoms with Gasteiger partial charge in [-0.05, 0) is 30.2 Å². The molecule has 2 aromatic carbocycles. The quantitative estimate of drug-likeness (QED) is 0.757. The Bertz CT molecular complexity index is 757. The fourth-order valence-corrected chi connectivity index (χ4v) is 2.34. The van der Waals surface area contributed by atoms with Gasteiger partial charge in [-0.1, -0.05) is 36.4 Å². The Hall–Kier alpha value is -2.55. The molecular weight excluding hydrogens is 238 g/mol. The number of furan rings is 1. The van der Waals surface area contributed by atoms with Crippen molar-refractivity contribution in [3.05, 3.63) is 59.9 Å². The molecule has 3 nitrogen and oxygen atoms in total. The Labute approximate surface area is 110 Å². The van der Waals surface area contributed by atoms with Gasteiger partial charge in [0.05, 0.1) is 5.56 Å². The number of amides is 1. The van der Waals surface area contributed by atoms with E-state index in [1.54, 1.807) is 6.92 Å². The van der Waals surface area contributed by atoms with E-state index in [-0.39, 0.29) is 0 Å². The van der Waals surface area contributed by atoms with Crippen LogP contribution in [0.25, 0.3) is 22.1 Å². The number of hydrogen-bond donors (Lipinski definition) is 1. The van der Waals surface area contributed by atoms with Crippen LogP contribution >= 0.6 is 0 Å². The standard InChI is InChI=1S/C16H13NO2/c1-10-15(16(17)18)13-9-12(7-8-14(13)19-10)11-5-3-2-4-6-11/h2-9H,1H3,(H2,17,18). The van der Waals surface area contributed by atoms with Crippen molar-refractivity contribution < 1.29 is 9.21 Å². The summed E-state index contributed by atoms with van der Waals surface area (Å²) >= 11 is 0. The van der Waals surface area contributed by atoms with Gasteiger partial charge in [0.1, 0.15) is 11.3 Å². The summed E-state index contributed by atoms with van der Waals surface area (Å²) in [4.78, 5) is 11.5. The average Bonchev–Trinajstić information content (AvgIpc) is 2.74. The van der Waals surface area contributed by atoms with Crippen molar-refractivity contribution in [3.8, 4) is 11.1 Å². The van der Waals surface area contributed by atoms with Crippen LogP contribution in [0.1, 0.15) is 16.1 Å². The predicted octanol–water partition coefficient (Wildman–Crippen LogP) is 3.51. The van der Waals surface area contributed by atoms with E-state index in [1.807, 2.05) is 48.5 Å². The summed E-state index contributed by atoms with van der Waals surface area (Å²) in [7, 11) is 0. The number of primary amides is 1. The Balaban J connectivity index is 2.25. The van der Waals surface area contributed by atoms with Gasteiger partial charge in [0.25, 0.3) is 5.91 Å². The Morgan fingerprint density at radius 1 is 1.05 bits per heavy atom. The number of hydrogen-bond acceptors (Lipinski definition) is 2.